The molecule has 0 saturated carbocycles. The summed E-state index contributed by atoms with van der Waals surface area (Å²) >= 11 is 0. The van der Waals surface area contributed by atoms with Crippen molar-refractivity contribution in [2.75, 3.05) is 58.3 Å². The number of morpholine rings is 1. The lowest BCUT2D eigenvalue weighted by Gasteiger charge is -2.26. The van der Waals surface area contributed by atoms with Crippen LogP contribution in [0.3, 0.4) is 0 Å². The molecule has 0 amide bonds. The summed E-state index contributed by atoms with van der Waals surface area (Å²) < 4.78 is 5.34. The highest BCUT2D eigenvalue weighted by Gasteiger charge is 2.18. The van der Waals surface area contributed by atoms with E-state index >= 15 is 0 Å². The first-order valence-corrected chi connectivity index (χ1v) is 7.43. The van der Waals surface area contributed by atoms with Gasteiger partial charge in [-0.25, -0.2) is 9.97 Å². The van der Waals surface area contributed by atoms with E-state index in [2.05, 4.69) is 25.3 Å². The Labute approximate surface area is 125 Å². The third-order valence-corrected chi connectivity index (χ3v) is 3.78. The van der Waals surface area contributed by atoms with E-state index in [0.717, 1.165) is 51.6 Å². The summed E-state index contributed by atoms with van der Waals surface area (Å²) in [6, 6.07) is 1.96. The Bertz CT molecular complexity index is 488. The van der Waals surface area contributed by atoms with E-state index in [1.165, 1.54) is 0 Å². The zero-order valence-electron chi connectivity index (χ0n) is 12.4. The molecular weight excluding hydrogens is 268 g/mol. The van der Waals surface area contributed by atoms with Crippen LogP contribution in [0.25, 0.3) is 0 Å². The zero-order valence-corrected chi connectivity index (χ0v) is 12.4. The molecule has 1 fully saturated rings. The molecule has 1 saturated heterocycles. The summed E-state index contributed by atoms with van der Waals surface area (Å²) in [6.07, 6.45) is 3.76. The van der Waals surface area contributed by atoms with Crippen molar-refractivity contribution >= 4 is 12.2 Å². The number of hydrogen-bond acceptors (Lipinski definition) is 7. The summed E-state index contributed by atoms with van der Waals surface area (Å²) in [4.78, 5) is 11.3. The molecule has 3 heterocycles. The van der Waals surface area contributed by atoms with Gasteiger partial charge in [-0.3, -0.25) is 9.91 Å². The first-order valence-electron chi connectivity index (χ1n) is 7.43. The Hall–Kier alpha value is -1.73. The van der Waals surface area contributed by atoms with E-state index in [9.17, 15) is 0 Å². The minimum absolute atomic E-state index is 0.262. The topological polar surface area (TPSA) is 65.9 Å². The molecule has 1 N–H and O–H groups in total. The first-order chi connectivity index (χ1) is 10.3. The molecular formula is C14H22N6O. The molecule has 114 valence electrons. The number of likely N-dealkylation sites (N-methyl/N-ethyl adjacent to an activating group) is 1. The molecule has 21 heavy (non-hydrogen) atoms. The molecule has 2 aliphatic heterocycles. The summed E-state index contributed by atoms with van der Waals surface area (Å²) in [5, 5.41) is 9.49. The Kier molecular flexibility index (Phi) is 4.62. The van der Waals surface area contributed by atoms with Gasteiger partial charge in [-0.05, 0) is 6.07 Å². The molecule has 1 aromatic heterocycles. The number of anilines is 1. The normalized spacial score (nSPS) is 22.7. The monoisotopic (exact) mass is 290 g/mol. The van der Waals surface area contributed by atoms with Gasteiger partial charge in [0.2, 0.25) is 5.95 Å². The molecule has 0 aromatic carbocycles. The highest BCUT2D eigenvalue weighted by molar-refractivity contribution is 5.68. The van der Waals surface area contributed by atoms with Gasteiger partial charge in [0.05, 0.1) is 24.8 Å². The fraction of sp³-hybridized carbons (Fsp3) is 0.643. The summed E-state index contributed by atoms with van der Waals surface area (Å²) in [5.41, 5.74) is 1.02. The molecule has 1 aromatic rings. The first kappa shape index (κ1) is 14.2. The van der Waals surface area contributed by atoms with Crippen LogP contribution in [0.2, 0.25) is 0 Å². The van der Waals surface area contributed by atoms with Crippen LogP contribution in [-0.2, 0) is 4.74 Å². The molecule has 0 radical (unpaired) electrons. The minimum atomic E-state index is 0.262. The maximum absolute atomic E-state index is 5.34. The maximum atomic E-state index is 5.34. The largest absolute Gasteiger partial charge is 0.379 e. The summed E-state index contributed by atoms with van der Waals surface area (Å²) in [7, 11) is 1.97. The number of aromatic nitrogens is 2. The van der Waals surface area contributed by atoms with E-state index < -0.39 is 0 Å². The van der Waals surface area contributed by atoms with Crippen molar-refractivity contribution in [3.05, 3.63) is 18.0 Å². The fourth-order valence-corrected chi connectivity index (χ4v) is 2.56. The molecule has 1 atom stereocenters. The van der Waals surface area contributed by atoms with Crippen molar-refractivity contribution in [1.82, 2.24) is 19.9 Å². The Morgan fingerprint density at radius 2 is 2.24 bits per heavy atom. The van der Waals surface area contributed by atoms with Gasteiger partial charge >= 0.3 is 0 Å². The number of rotatable bonds is 5. The molecule has 3 rings (SSSR count). The Morgan fingerprint density at radius 3 is 3.00 bits per heavy atom. The zero-order chi connectivity index (χ0) is 14.5. The standard InChI is InChI=1S/C14H22N6O/c1-19-11-12(10-17-19)13-2-3-15-14(18-13)16-4-5-20-6-8-21-9-7-20/h2-3,10,12H,4-9,11H2,1H3,(H,15,16,18)/t12-/m0/s1. The van der Waals surface area contributed by atoms with E-state index in [1.54, 1.807) is 0 Å². The van der Waals surface area contributed by atoms with Crippen molar-refractivity contribution in [1.29, 1.82) is 0 Å². The molecule has 0 unspecified atom stereocenters. The predicted octanol–water partition coefficient (Wildman–Crippen LogP) is 0.236. The second-order valence-corrected chi connectivity index (χ2v) is 5.40. The Balaban J connectivity index is 1.50. The molecule has 7 heteroatoms. The third kappa shape index (κ3) is 3.89. The lowest BCUT2D eigenvalue weighted by molar-refractivity contribution is 0.0398. The number of ether oxygens (including phenoxy) is 1. The van der Waals surface area contributed by atoms with Crippen molar-refractivity contribution in [3.63, 3.8) is 0 Å². The van der Waals surface area contributed by atoms with Crippen LogP contribution in [0.15, 0.2) is 17.4 Å². The number of hydrogen-bond donors (Lipinski definition) is 1. The quantitative estimate of drug-likeness (QED) is 0.838. The number of nitrogens with one attached hydrogen (secondary N) is 1. The van der Waals surface area contributed by atoms with E-state index in [4.69, 9.17) is 4.74 Å². The van der Waals surface area contributed by atoms with Crippen LogP contribution in [0.1, 0.15) is 11.6 Å². The molecule has 0 aliphatic carbocycles. The van der Waals surface area contributed by atoms with Crippen molar-refractivity contribution < 1.29 is 4.74 Å². The van der Waals surface area contributed by atoms with Crippen molar-refractivity contribution in [2.45, 2.75) is 5.92 Å². The SMILES string of the molecule is CN1C[C@@H](c2ccnc(NCCN3CCOCC3)n2)C=N1. The van der Waals surface area contributed by atoms with Gasteiger partial charge in [-0.15, -0.1) is 0 Å². The lowest BCUT2D eigenvalue weighted by Crippen LogP contribution is -2.39. The number of hydrazone groups is 1. The predicted molar refractivity (Wildman–Crippen MR) is 81.6 cm³/mol. The molecule has 7 nitrogen and oxygen atoms in total. The van der Waals surface area contributed by atoms with Crippen molar-refractivity contribution in [3.8, 4) is 0 Å². The van der Waals surface area contributed by atoms with Crippen LogP contribution in [0, 0.1) is 0 Å². The Morgan fingerprint density at radius 1 is 1.38 bits per heavy atom. The average molecular weight is 290 g/mol. The van der Waals surface area contributed by atoms with Gasteiger partial charge in [0.25, 0.3) is 0 Å². The average Bonchev–Trinajstić information content (AvgIpc) is 2.95. The minimum Gasteiger partial charge on any atom is -0.379 e. The van der Waals surface area contributed by atoms with Crippen LogP contribution >= 0.6 is 0 Å². The maximum Gasteiger partial charge on any atom is 0.222 e. The van der Waals surface area contributed by atoms with Gasteiger partial charge < -0.3 is 10.1 Å². The summed E-state index contributed by atoms with van der Waals surface area (Å²) in [5.74, 6) is 0.960. The second-order valence-electron chi connectivity index (χ2n) is 5.40. The molecule has 0 bridgehead atoms. The molecule has 0 spiro atoms. The molecule has 2 aliphatic rings. The van der Waals surface area contributed by atoms with Crippen molar-refractivity contribution in [2.24, 2.45) is 5.10 Å². The lowest BCUT2D eigenvalue weighted by atomic mass is 10.1. The van der Waals surface area contributed by atoms with Crippen LogP contribution in [0.5, 0.6) is 0 Å². The second kappa shape index (κ2) is 6.82. The number of nitrogens with zero attached hydrogens (tertiary/aromatic N) is 5. The van der Waals surface area contributed by atoms with Gasteiger partial charge in [0, 0.05) is 52.2 Å². The van der Waals surface area contributed by atoms with E-state index in [1.807, 2.05) is 30.5 Å². The van der Waals surface area contributed by atoms with E-state index in [-0.39, 0.29) is 5.92 Å². The van der Waals surface area contributed by atoms with Crippen LogP contribution in [0.4, 0.5) is 5.95 Å². The highest BCUT2D eigenvalue weighted by atomic mass is 16.5. The fourth-order valence-electron chi connectivity index (χ4n) is 2.56. The van der Waals surface area contributed by atoms with Crippen LogP contribution in [-0.4, -0.2) is 79.1 Å². The highest BCUT2D eigenvalue weighted by Crippen LogP contribution is 2.17. The van der Waals surface area contributed by atoms with Gasteiger partial charge in [-0.1, -0.05) is 0 Å². The van der Waals surface area contributed by atoms with Gasteiger partial charge in [0.15, 0.2) is 0 Å². The smallest absolute Gasteiger partial charge is 0.222 e. The van der Waals surface area contributed by atoms with Crippen LogP contribution < -0.4 is 5.32 Å². The summed E-state index contributed by atoms with van der Waals surface area (Å²) in [6.45, 7) is 6.40. The van der Waals surface area contributed by atoms with Gasteiger partial charge in [-0.2, -0.15) is 5.10 Å². The van der Waals surface area contributed by atoms with Gasteiger partial charge in [0.1, 0.15) is 0 Å². The third-order valence-electron chi connectivity index (χ3n) is 3.78. The van der Waals surface area contributed by atoms with E-state index in [0.29, 0.717) is 5.95 Å².